The molecule has 3 heteroatoms. The lowest BCUT2D eigenvalue weighted by atomic mass is 10.1. The summed E-state index contributed by atoms with van der Waals surface area (Å²) in [6.45, 7) is 6.49. The quantitative estimate of drug-likeness (QED) is 0.856. The van der Waals surface area contributed by atoms with E-state index in [-0.39, 0.29) is 0 Å². The minimum atomic E-state index is 0.345. The van der Waals surface area contributed by atoms with E-state index in [0.717, 1.165) is 0 Å². The molecule has 0 spiro atoms. The van der Waals surface area contributed by atoms with Gasteiger partial charge in [0.25, 0.3) is 0 Å². The van der Waals surface area contributed by atoms with Crippen molar-refractivity contribution in [1.29, 1.82) is 0 Å². The average molecular weight is 217 g/mol. The van der Waals surface area contributed by atoms with Crippen LogP contribution in [0.5, 0.6) is 0 Å². The third-order valence-electron chi connectivity index (χ3n) is 3.04. The summed E-state index contributed by atoms with van der Waals surface area (Å²) < 4.78 is 2.10. The number of hydrogen-bond donors (Lipinski definition) is 1. The summed E-state index contributed by atoms with van der Waals surface area (Å²) in [5.41, 5.74) is 2.56. The molecule has 0 aliphatic heterocycles. The van der Waals surface area contributed by atoms with Crippen molar-refractivity contribution in [3.05, 3.63) is 30.0 Å². The molecule has 2 rings (SSSR count). The number of aromatic nitrogens is 2. The van der Waals surface area contributed by atoms with Crippen LogP contribution in [0, 0.1) is 0 Å². The average Bonchev–Trinajstić information content (AvgIpc) is 2.71. The Morgan fingerprint density at radius 3 is 2.62 bits per heavy atom. The van der Waals surface area contributed by atoms with E-state index in [9.17, 15) is 0 Å². The Kier molecular flexibility index (Phi) is 2.97. The van der Waals surface area contributed by atoms with Gasteiger partial charge in [0.15, 0.2) is 0 Å². The second-order valence-electron chi connectivity index (χ2n) is 4.48. The summed E-state index contributed by atoms with van der Waals surface area (Å²) in [7, 11) is 1.99. The first-order chi connectivity index (χ1) is 7.65. The van der Waals surface area contributed by atoms with Crippen LogP contribution in [-0.2, 0) is 0 Å². The maximum atomic E-state index is 4.46. The number of rotatable bonds is 3. The summed E-state index contributed by atoms with van der Waals surface area (Å²) in [6, 6.07) is 7.12. The highest BCUT2D eigenvalue weighted by atomic mass is 15.3. The molecule has 0 bridgehead atoms. The van der Waals surface area contributed by atoms with Crippen LogP contribution in [0.4, 0.5) is 0 Å². The first-order valence-electron chi connectivity index (χ1n) is 5.78. The van der Waals surface area contributed by atoms with Gasteiger partial charge in [-0.2, -0.15) is 5.10 Å². The van der Waals surface area contributed by atoms with Gasteiger partial charge in [0.05, 0.1) is 11.7 Å². The second kappa shape index (κ2) is 4.26. The van der Waals surface area contributed by atoms with Crippen molar-refractivity contribution < 1.29 is 0 Å². The number of para-hydroxylation sites is 1. The molecule has 1 heterocycles. The lowest BCUT2D eigenvalue weighted by Gasteiger charge is -2.15. The van der Waals surface area contributed by atoms with Gasteiger partial charge in [0.1, 0.15) is 0 Å². The predicted molar refractivity (Wildman–Crippen MR) is 67.6 cm³/mol. The minimum absolute atomic E-state index is 0.345. The van der Waals surface area contributed by atoms with Crippen LogP contribution in [0.25, 0.3) is 10.9 Å². The van der Waals surface area contributed by atoms with Crippen molar-refractivity contribution in [3.63, 3.8) is 0 Å². The highest BCUT2D eigenvalue weighted by Crippen LogP contribution is 2.25. The third-order valence-corrected chi connectivity index (χ3v) is 3.04. The highest BCUT2D eigenvalue weighted by Gasteiger charge is 2.13. The lowest BCUT2D eigenvalue weighted by Crippen LogP contribution is -2.14. The molecule has 0 saturated heterocycles. The van der Waals surface area contributed by atoms with Gasteiger partial charge in [-0.15, -0.1) is 0 Å². The Bertz CT molecular complexity index is 485. The summed E-state index contributed by atoms with van der Waals surface area (Å²) in [5, 5.41) is 8.97. The smallest absolute Gasteiger partial charge is 0.0733 e. The van der Waals surface area contributed by atoms with E-state index >= 15 is 0 Å². The topological polar surface area (TPSA) is 29.9 Å². The first kappa shape index (κ1) is 11.1. The SMILES string of the molecule is CNC(C)c1cccc2cnn(C(C)C)c12. The van der Waals surface area contributed by atoms with E-state index in [1.54, 1.807) is 0 Å². The zero-order valence-electron chi connectivity index (χ0n) is 10.4. The Balaban J connectivity index is 2.68. The van der Waals surface area contributed by atoms with E-state index in [1.165, 1.54) is 16.5 Å². The molecular weight excluding hydrogens is 198 g/mol. The fourth-order valence-corrected chi connectivity index (χ4v) is 2.03. The number of nitrogens with zero attached hydrogens (tertiary/aromatic N) is 2. The van der Waals surface area contributed by atoms with Gasteiger partial charge in [0.2, 0.25) is 0 Å². The molecular formula is C13H19N3. The van der Waals surface area contributed by atoms with E-state index < -0.39 is 0 Å². The van der Waals surface area contributed by atoms with Gasteiger partial charge < -0.3 is 5.32 Å². The van der Waals surface area contributed by atoms with Gasteiger partial charge in [0, 0.05) is 17.5 Å². The maximum Gasteiger partial charge on any atom is 0.0733 e. The van der Waals surface area contributed by atoms with Crippen LogP contribution < -0.4 is 5.32 Å². The van der Waals surface area contributed by atoms with Crippen LogP contribution in [0.15, 0.2) is 24.4 Å². The van der Waals surface area contributed by atoms with Gasteiger partial charge in [-0.1, -0.05) is 18.2 Å². The molecule has 0 aliphatic carbocycles. The van der Waals surface area contributed by atoms with Gasteiger partial charge in [-0.3, -0.25) is 4.68 Å². The fourth-order valence-electron chi connectivity index (χ4n) is 2.03. The van der Waals surface area contributed by atoms with Crippen LogP contribution in [0.1, 0.15) is 38.4 Å². The van der Waals surface area contributed by atoms with Gasteiger partial charge in [-0.05, 0) is 33.4 Å². The van der Waals surface area contributed by atoms with E-state index in [4.69, 9.17) is 0 Å². The largest absolute Gasteiger partial charge is 0.313 e. The van der Waals surface area contributed by atoms with Gasteiger partial charge >= 0.3 is 0 Å². The molecule has 0 fully saturated rings. The van der Waals surface area contributed by atoms with E-state index in [2.05, 4.69) is 54.1 Å². The summed E-state index contributed by atoms with van der Waals surface area (Å²) in [5.74, 6) is 0. The van der Waals surface area contributed by atoms with Crippen molar-refractivity contribution in [2.24, 2.45) is 0 Å². The Labute approximate surface area is 96.5 Å². The van der Waals surface area contributed by atoms with Crippen LogP contribution in [0.2, 0.25) is 0 Å². The van der Waals surface area contributed by atoms with E-state index in [1.807, 2.05) is 13.2 Å². The van der Waals surface area contributed by atoms with Crippen molar-refractivity contribution in [2.45, 2.75) is 32.9 Å². The first-order valence-corrected chi connectivity index (χ1v) is 5.78. The number of fused-ring (bicyclic) bond motifs is 1. The normalized spacial score (nSPS) is 13.6. The summed E-state index contributed by atoms with van der Waals surface area (Å²) in [4.78, 5) is 0. The molecule has 2 aromatic rings. The van der Waals surface area contributed by atoms with Crippen molar-refractivity contribution in [1.82, 2.24) is 15.1 Å². The third kappa shape index (κ3) is 1.71. The summed E-state index contributed by atoms with van der Waals surface area (Å²) >= 11 is 0. The Hall–Kier alpha value is -1.35. The molecule has 1 aromatic heterocycles. The molecule has 16 heavy (non-hydrogen) atoms. The minimum Gasteiger partial charge on any atom is -0.313 e. The number of hydrogen-bond acceptors (Lipinski definition) is 2. The molecule has 1 atom stereocenters. The maximum absolute atomic E-state index is 4.46. The van der Waals surface area contributed by atoms with Crippen LogP contribution in [0.3, 0.4) is 0 Å². The standard InChI is InChI=1S/C13H19N3/c1-9(2)16-13-11(8-15-16)6-5-7-12(13)10(3)14-4/h5-10,14H,1-4H3. The van der Waals surface area contributed by atoms with Crippen LogP contribution >= 0.6 is 0 Å². The molecule has 0 saturated carbocycles. The Morgan fingerprint density at radius 2 is 2.00 bits per heavy atom. The molecule has 0 aliphatic rings. The molecule has 86 valence electrons. The molecule has 3 nitrogen and oxygen atoms in total. The Morgan fingerprint density at radius 1 is 1.25 bits per heavy atom. The molecule has 1 aromatic carbocycles. The number of nitrogens with one attached hydrogen (secondary N) is 1. The van der Waals surface area contributed by atoms with Gasteiger partial charge in [-0.25, -0.2) is 0 Å². The number of benzene rings is 1. The molecule has 0 amide bonds. The highest BCUT2D eigenvalue weighted by molar-refractivity contribution is 5.82. The lowest BCUT2D eigenvalue weighted by molar-refractivity contribution is 0.545. The van der Waals surface area contributed by atoms with E-state index in [0.29, 0.717) is 12.1 Å². The summed E-state index contributed by atoms with van der Waals surface area (Å²) in [6.07, 6.45) is 1.95. The molecule has 1 unspecified atom stereocenters. The second-order valence-corrected chi connectivity index (χ2v) is 4.48. The molecule has 0 radical (unpaired) electrons. The van der Waals surface area contributed by atoms with Crippen molar-refractivity contribution >= 4 is 10.9 Å². The van der Waals surface area contributed by atoms with Crippen molar-refractivity contribution in [2.75, 3.05) is 7.05 Å². The fraction of sp³-hybridized carbons (Fsp3) is 0.462. The van der Waals surface area contributed by atoms with Crippen molar-refractivity contribution in [3.8, 4) is 0 Å². The monoisotopic (exact) mass is 217 g/mol. The predicted octanol–water partition coefficient (Wildman–Crippen LogP) is 2.90. The van der Waals surface area contributed by atoms with Crippen LogP contribution in [-0.4, -0.2) is 16.8 Å². The molecule has 1 N–H and O–H groups in total. The zero-order chi connectivity index (χ0) is 11.7. The zero-order valence-corrected chi connectivity index (χ0v) is 10.4.